The topological polar surface area (TPSA) is 111 Å². The number of hydrogen-bond acceptors (Lipinski definition) is 6. The molecule has 0 aliphatic rings. The van der Waals surface area contributed by atoms with Gasteiger partial charge in [-0.25, -0.2) is 10.8 Å². The first-order valence-corrected chi connectivity index (χ1v) is 5.21. The van der Waals surface area contributed by atoms with Gasteiger partial charge in [0.1, 0.15) is 6.54 Å². The fourth-order valence-electron chi connectivity index (χ4n) is 1.21. The number of aliphatic imine (C=N–C) groups is 1. The molecule has 1 atom stereocenters. The third-order valence-electron chi connectivity index (χ3n) is 1.88. The van der Waals surface area contributed by atoms with Crippen molar-refractivity contribution in [3.63, 3.8) is 0 Å². The van der Waals surface area contributed by atoms with Crippen LogP contribution in [0, 0.1) is 6.92 Å². The number of guanidine groups is 1. The Morgan fingerprint density at radius 3 is 2.94 bits per heavy atom. The summed E-state index contributed by atoms with van der Waals surface area (Å²) in [6.45, 7) is 4.53. The molecule has 8 heteroatoms. The van der Waals surface area contributed by atoms with Crippen molar-refractivity contribution in [2.45, 2.75) is 26.4 Å². The Bertz CT molecular complexity index is 364. The van der Waals surface area contributed by atoms with E-state index in [1.54, 1.807) is 14.0 Å². The number of rotatable bonds is 5. The lowest BCUT2D eigenvalue weighted by molar-refractivity contribution is 0.179. The van der Waals surface area contributed by atoms with Crippen molar-refractivity contribution in [2.24, 2.45) is 10.8 Å². The van der Waals surface area contributed by atoms with Gasteiger partial charge in [-0.1, -0.05) is 5.16 Å². The van der Waals surface area contributed by atoms with Gasteiger partial charge in [-0.3, -0.25) is 5.43 Å². The maximum Gasteiger partial charge on any atom is 0.248 e. The number of methoxy groups -OCH3 is 1. The van der Waals surface area contributed by atoms with E-state index >= 15 is 0 Å². The molecule has 1 rings (SSSR count). The highest BCUT2D eigenvalue weighted by Crippen LogP contribution is 1.97. The molecule has 1 aromatic heterocycles. The molecule has 0 aromatic carbocycles. The van der Waals surface area contributed by atoms with Crippen molar-refractivity contribution in [3.05, 3.63) is 11.7 Å². The van der Waals surface area contributed by atoms with Crippen LogP contribution in [0.2, 0.25) is 0 Å². The molecule has 0 amide bonds. The summed E-state index contributed by atoms with van der Waals surface area (Å²) in [5.41, 5.74) is 2.46. The van der Waals surface area contributed by atoms with E-state index in [4.69, 9.17) is 15.1 Å². The summed E-state index contributed by atoms with van der Waals surface area (Å²) < 4.78 is 9.91. The molecule has 0 bridgehead atoms. The number of ether oxygens (including phenoxy) is 1. The van der Waals surface area contributed by atoms with Gasteiger partial charge in [0, 0.05) is 13.2 Å². The minimum Gasteiger partial charge on any atom is -0.383 e. The van der Waals surface area contributed by atoms with E-state index in [-0.39, 0.29) is 12.6 Å². The molecule has 1 aromatic rings. The van der Waals surface area contributed by atoms with Crippen LogP contribution >= 0.6 is 0 Å². The molecule has 4 N–H and O–H groups in total. The predicted octanol–water partition coefficient (Wildman–Crippen LogP) is -0.678. The van der Waals surface area contributed by atoms with Gasteiger partial charge >= 0.3 is 0 Å². The lowest BCUT2D eigenvalue weighted by atomic mass is 10.4. The largest absolute Gasteiger partial charge is 0.383 e. The second kappa shape index (κ2) is 6.81. The van der Waals surface area contributed by atoms with Crippen molar-refractivity contribution in [3.8, 4) is 0 Å². The number of aryl methyl sites for hydroxylation is 1. The van der Waals surface area contributed by atoms with E-state index < -0.39 is 0 Å². The molecular formula is C9H18N6O2. The van der Waals surface area contributed by atoms with Gasteiger partial charge in [0.2, 0.25) is 11.9 Å². The monoisotopic (exact) mass is 242 g/mol. The van der Waals surface area contributed by atoms with Crippen LogP contribution in [-0.2, 0) is 11.3 Å². The first kappa shape index (κ1) is 13.4. The summed E-state index contributed by atoms with van der Waals surface area (Å²) in [6.07, 6.45) is 0. The summed E-state index contributed by atoms with van der Waals surface area (Å²) >= 11 is 0. The van der Waals surface area contributed by atoms with Crippen molar-refractivity contribution < 1.29 is 9.26 Å². The molecule has 0 aliphatic heterocycles. The molecule has 1 heterocycles. The standard InChI is InChI=1S/C9H18N6O2/c1-6(5-16-3)12-9(14-10)11-4-8-13-7(2)15-17-8/h6H,4-5,10H2,1-3H3,(H2,11,12,14). The average molecular weight is 242 g/mol. The zero-order chi connectivity index (χ0) is 12.7. The van der Waals surface area contributed by atoms with Crippen LogP contribution in [0.3, 0.4) is 0 Å². The maximum absolute atomic E-state index is 5.34. The Balaban J connectivity index is 2.49. The quantitative estimate of drug-likeness (QED) is 0.271. The Labute approximate surface area is 99.6 Å². The van der Waals surface area contributed by atoms with Gasteiger partial charge in [0.15, 0.2) is 5.82 Å². The van der Waals surface area contributed by atoms with Gasteiger partial charge in [-0.15, -0.1) is 0 Å². The summed E-state index contributed by atoms with van der Waals surface area (Å²) in [7, 11) is 1.63. The summed E-state index contributed by atoms with van der Waals surface area (Å²) in [4.78, 5) is 8.19. The Kier molecular flexibility index (Phi) is 5.37. The predicted molar refractivity (Wildman–Crippen MR) is 62.0 cm³/mol. The summed E-state index contributed by atoms with van der Waals surface area (Å²) in [6, 6.07) is 0.0965. The molecule has 0 fully saturated rings. The van der Waals surface area contributed by atoms with Crippen LogP contribution in [0.15, 0.2) is 9.52 Å². The second-order valence-electron chi connectivity index (χ2n) is 3.55. The van der Waals surface area contributed by atoms with Gasteiger partial charge in [0.05, 0.1) is 6.61 Å². The molecular weight excluding hydrogens is 224 g/mol. The lowest BCUT2D eigenvalue weighted by Crippen LogP contribution is -2.46. The number of hydrogen-bond donors (Lipinski definition) is 3. The van der Waals surface area contributed by atoms with Crippen molar-refractivity contribution in [1.82, 2.24) is 20.9 Å². The van der Waals surface area contributed by atoms with E-state index in [0.29, 0.717) is 24.3 Å². The third kappa shape index (κ3) is 4.79. The zero-order valence-corrected chi connectivity index (χ0v) is 10.2. The van der Waals surface area contributed by atoms with Crippen LogP contribution in [-0.4, -0.2) is 35.9 Å². The van der Waals surface area contributed by atoms with Gasteiger partial charge in [-0.05, 0) is 13.8 Å². The van der Waals surface area contributed by atoms with Gasteiger partial charge in [0.25, 0.3) is 0 Å². The van der Waals surface area contributed by atoms with Crippen molar-refractivity contribution in [1.29, 1.82) is 0 Å². The van der Waals surface area contributed by atoms with Gasteiger partial charge in [-0.2, -0.15) is 4.98 Å². The van der Waals surface area contributed by atoms with Crippen molar-refractivity contribution >= 4 is 5.96 Å². The highest BCUT2D eigenvalue weighted by molar-refractivity contribution is 5.79. The van der Waals surface area contributed by atoms with Crippen LogP contribution < -0.4 is 16.6 Å². The van der Waals surface area contributed by atoms with Crippen LogP contribution in [0.5, 0.6) is 0 Å². The Hall–Kier alpha value is -1.67. The highest BCUT2D eigenvalue weighted by atomic mass is 16.5. The van der Waals surface area contributed by atoms with Crippen molar-refractivity contribution in [2.75, 3.05) is 13.7 Å². The van der Waals surface area contributed by atoms with E-state index in [2.05, 4.69) is 25.9 Å². The Morgan fingerprint density at radius 1 is 1.65 bits per heavy atom. The molecule has 1 unspecified atom stereocenters. The van der Waals surface area contributed by atoms with Crippen LogP contribution in [0.4, 0.5) is 0 Å². The number of hydrazine groups is 1. The van der Waals surface area contributed by atoms with E-state index in [1.807, 2.05) is 6.92 Å². The number of nitrogens with one attached hydrogen (secondary N) is 2. The first-order chi connectivity index (χ1) is 8.15. The first-order valence-electron chi connectivity index (χ1n) is 5.21. The summed E-state index contributed by atoms with van der Waals surface area (Å²) in [5, 5.41) is 6.71. The fourth-order valence-corrected chi connectivity index (χ4v) is 1.21. The SMILES string of the molecule is COCC(C)NC(=NCc1nc(C)no1)NN. The van der Waals surface area contributed by atoms with Gasteiger partial charge < -0.3 is 14.6 Å². The van der Waals surface area contributed by atoms with E-state index in [9.17, 15) is 0 Å². The molecule has 0 spiro atoms. The minimum atomic E-state index is 0.0965. The molecule has 0 radical (unpaired) electrons. The lowest BCUT2D eigenvalue weighted by Gasteiger charge is -2.15. The molecule has 0 saturated heterocycles. The van der Waals surface area contributed by atoms with E-state index in [0.717, 1.165) is 0 Å². The maximum atomic E-state index is 5.34. The number of aromatic nitrogens is 2. The van der Waals surface area contributed by atoms with E-state index in [1.165, 1.54) is 0 Å². The molecule has 0 saturated carbocycles. The number of nitrogens with two attached hydrogens (primary N) is 1. The smallest absolute Gasteiger partial charge is 0.248 e. The highest BCUT2D eigenvalue weighted by Gasteiger charge is 2.05. The zero-order valence-electron chi connectivity index (χ0n) is 10.2. The fraction of sp³-hybridized carbons (Fsp3) is 0.667. The Morgan fingerprint density at radius 2 is 2.41 bits per heavy atom. The third-order valence-corrected chi connectivity index (χ3v) is 1.88. The average Bonchev–Trinajstić information content (AvgIpc) is 2.70. The minimum absolute atomic E-state index is 0.0965. The molecule has 0 aliphatic carbocycles. The summed E-state index contributed by atoms with van der Waals surface area (Å²) in [5.74, 6) is 6.81. The molecule has 96 valence electrons. The van der Waals surface area contributed by atoms with Crippen LogP contribution in [0.1, 0.15) is 18.6 Å². The number of nitrogens with zero attached hydrogens (tertiary/aromatic N) is 3. The molecule has 8 nitrogen and oxygen atoms in total. The normalized spacial score (nSPS) is 13.5. The van der Waals surface area contributed by atoms with Crippen LogP contribution in [0.25, 0.3) is 0 Å². The molecule has 17 heavy (non-hydrogen) atoms. The second-order valence-corrected chi connectivity index (χ2v) is 3.55.